The first kappa shape index (κ1) is 17.4. The van der Waals surface area contributed by atoms with E-state index in [2.05, 4.69) is 95.6 Å². The van der Waals surface area contributed by atoms with Crippen LogP contribution >= 0.6 is 0 Å². The van der Waals surface area contributed by atoms with E-state index < -0.39 is 0 Å². The van der Waals surface area contributed by atoms with Gasteiger partial charge in [-0.05, 0) is 68.1 Å². The Labute approximate surface area is 197 Å². The van der Waals surface area contributed by atoms with Gasteiger partial charge in [0, 0.05) is 23.6 Å². The molecule has 0 saturated carbocycles. The second-order valence-corrected chi connectivity index (χ2v) is 10.1. The van der Waals surface area contributed by atoms with Crippen molar-refractivity contribution < 1.29 is 0 Å². The molecule has 1 nitrogen and oxygen atoms in total. The van der Waals surface area contributed by atoms with Gasteiger partial charge in [-0.1, -0.05) is 84.9 Å². The van der Waals surface area contributed by atoms with E-state index in [1.165, 1.54) is 83.1 Å². The van der Waals surface area contributed by atoms with Gasteiger partial charge in [0.25, 0.3) is 0 Å². The Morgan fingerprint density at radius 1 is 0.500 bits per heavy atom. The molecule has 1 heteroatoms. The molecule has 34 heavy (non-hydrogen) atoms. The molecule has 6 aromatic rings. The first-order valence-electron chi connectivity index (χ1n) is 12.3. The minimum atomic E-state index is 1.01. The first-order valence-corrected chi connectivity index (χ1v) is 12.3. The SMILES string of the molecule is c1ccc2c(c1)Cc1c-2ccc2c1-n1c3ccc4c(c3c3cccc(c31)C2)-c1ccccc1C4. The standard InChI is InChI=1S/C33H21N/c1-3-9-24-20(7-1)18-28-26(24)14-12-23-17-22-8-5-11-27-31-29(34(32(22)27)33(23)28)15-13-21-16-19-6-2-4-10-25(19)30(21)31/h1-15H,16-18H2. The van der Waals surface area contributed by atoms with Crippen LogP contribution in [0.1, 0.15) is 33.4 Å². The molecule has 0 radical (unpaired) electrons. The minimum absolute atomic E-state index is 1.01. The number of rotatable bonds is 0. The van der Waals surface area contributed by atoms with Crippen LogP contribution in [0.2, 0.25) is 0 Å². The molecule has 5 aromatic carbocycles. The molecule has 0 unspecified atom stereocenters. The van der Waals surface area contributed by atoms with Crippen LogP contribution in [0.3, 0.4) is 0 Å². The highest BCUT2D eigenvalue weighted by Crippen LogP contribution is 2.50. The van der Waals surface area contributed by atoms with Crippen LogP contribution in [0, 0.1) is 0 Å². The number of aromatic nitrogens is 1. The second kappa shape index (κ2) is 5.87. The average molecular weight is 432 g/mol. The summed E-state index contributed by atoms with van der Waals surface area (Å²) in [6.07, 6.45) is 3.06. The number of fused-ring (bicyclic) bond motifs is 13. The smallest absolute Gasteiger partial charge is 0.0576 e. The summed E-state index contributed by atoms with van der Waals surface area (Å²) in [5, 5.41) is 2.83. The van der Waals surface area contributed by atoms with Crippen LogP contribution in [-0.4, -0.2) is 4.57 Å². The van der Waals surface area contributed by atoms with Gasteiger partial charge in [0.15, 0.2) is 0 Å². The van der Waals surface area contributed by atoms with E-state index in [4.69, 9.17) is 0 Å². The van der Waals surface area contributed by atoms with Gasteiger partial charge >= 0.3 is 0 Å². The van der Waals surface area contributed by atoms with Gasteiger partial charge in [0.1, 0.15) is 0 Å². The Morgan fingerprint density at radius 3 is 2.15 bits per heavy atom. The van der Waals surface area contributed by atoms with Gasteiger partial charge in [0.2, 0.25) is 0 Å². The van der Waals surface area contributed by atoms with E-state index >= 15 is 0 Å². The van der Waals surface area contributed by atoms with Gasteiger partial charge in [-0.15, -0.1) is 0 Å². The summed E-state index contributed by atoms with van der Waals surface area (Å²) >= 11 is 0. The van der Waals surface area contributed by atoms with Crippen molar-refractivity contribution in [2.75, 3.05) is 0 Å². The lowest BCUT2D eigenvalue weighted by atomic mass is 9.92. The summed E-state index contributed by atoms with van der Waals surface area (Å²) in [5.74, 6) is 0. The molecule has 0 saturated heterocycles. The second-order valence-electron chi connectivity index (χ2n) is 10.1. The Kier molecular flexibility index (Phi) is 3.00. The third-order valence-corrected chi connectivity index (χ3v) is 8.44. The van der Waals surface area contributed by atoms with E-state index in [9.17, 15) is 0 Å². The molecule has 0 N–H and O–H groups in total. The number of hydrogen-bond acceptors (Lipinski definition) is 0. The monoisotopic (exact) mass is 431 g/mol. The zero-order valence-electron chi connectivity index (χ0n) is 18.7. The minimum Gasteiger partial charge on any atom is -0.308 e. The topological polar surface area (TPSA) is 4.93 Å². The molecule has 0 bridgehead atoms. The maximum Gasteiger partial charge on any atom is 0.0576 e. The van der Waals surface area contributed by atoms with E-state index in [0.717, 1.165) is 19.3 Å². The van der Waals surface area contributed by atoms with E-state index in [0.29, 0.717) is 0 Å². The quantitative estimate of drug-likeness (QED) is 0.231. The molecule has 2 heterocycles. The van der Waals surface area contributed by atoms with Crippen LogP contribution in [0.4, 0.5) is 0 Å². The van der Waals surface area contributed by atoms with Crippen molar-refractivity contribution in [2.45, 2.75) is 19.3 Å². The Balaban J connectivity index is 1.46. The van der Waals surface area contributed by atoms with Crippen molar-refractivity contribution in [1.29, 1.82) is 0 Å². The van der Waals surface area contributed by atoms with Crippen molar-refractivity contribution in [1.82, 2.24) is 4.57 Å². The molecule has 158 valence electrons. The highest BCUT2D eigenvalue weighted by Gasteiger charge is 2.31. The summed E-state index contributed by atoms with van der Waals surface area (Å²) in [6, 6.07) is 34.4. The maximum atomic E-state index is 2.62. The van der Waals surface area contributed by atoms with E-state index in [1.54, 1.807) is 0 Å². The summed E-state index contributed by atoms with van der Waals surface area (Å²) in [7, 11) is 0. The molecule has 0 fully saturated rings. The van der Waals surface area contributed by atoms with Gasteiger partial charge < -0.3 is 4.57 Å². The fourth-order valence-electron chi connectivity index (χ4n) is 7.09. The highest BCUT2D eigenvalue weighted by molar-refractivity contribution is 6.18. The molecule has 1 aliphatic heterocycles. The number of benzene rings is 5. The zero-order chi connectivity index (χ0) is 22.0. The fraction of sp³-hybridized carbons (Fsp3) is 0.0909. The molecule has 0 atom stereocenters. The lowest BCUT2D eigenvalue weighted by molar-refractivity contribution is 1.02. The van der Waals surface area contributed by atoms with Crippen molar-refractivity contribution in [3.8, 4) is 27.9 Å². The van der Waals surface area contributed by atoms with Crippen molar-refractivity contribution in [3.05, 3.63) is 124 Å². The van der Waals surface area contributed by atoms with Crippen LogP contribution in [0.15, 0.2) is 91.0 Å². The average Bonchev–Trinajstić information content (AvgIpc) is 3.54. The van der Waals surface area contributed by atoms with Crippen molar-refractivity contribution in [3.63, 3.8) is 0 Å². The lowest BCUT2D eigenvalue weighted by Gasteiger charge is -2.23. The maximum absolute atomic E-state index is 2.62. The third kappa shape index (κ3) is 1.94. The first-order chi connectivity index (χ1) is 16.9. The molecule has 0 spiro atoms. The summed E-state index contributed by atoms with van der Waals surface area (Å²) in [5.41, 5.74) is 18.6. The van der Waals surface area contributed by atoms with E-state index in [1.807, 2.05) is 0 Å². The molecular formula is C33H21N. The summed E-state index contributed by atoms with van der Waals surface area (Å²) in [4.78, 5) is 0. The Morgan fingerprint density at radius 2 is 1.24 bits per heavy atom. The Bertz CT molecular complexity index is 1880. The fourth-order valence-corrected chi connectivity index (χ4v) is 7.09. The molecule has 9 rings (SSSR count). The third-order valence-electron chi connectivity index (χ3n) is 8.44. The molecule has 3 aliphatic rings. The predicted octanol–water partition coefficient (Wildman–Crippen LogP) is 7.83. The summed E-state index contributed by atoms with van der Waals surface area (Å²) < 4.78 is 2.62. The van der Waals surface area contributed by atoms with Gasteiger partial charge in [-0.3, -0.25) is 0 Å². The van der Waals surface area contributed by atoms with Crippen LogP contribution in [0.5, 0.6) is 0 Å². The van der Waals surface area contributed by atoms with Gasteiger partial charge in [-0.2, -0.15) is 0 Å². The van der Waals surface area contributed by atoms with Crippen molar-refractivity contribution >= 4 is 21.8 Å². The molecule has 0 amide bonds. The number of para-hydroxylation sites is 1. The van der Waals surface area contributed by atoms with Gasteiger partial charge in [-0.25, -0.2) is 0 Å². The van der Waals surface area contributed by atoms with Crippen LogP contribution < -0.4 is 0 Å². The largest absolute Gasteiger partial charge is 0.308 e. The Hall–Kier alpha value is -4.10. The lowest BCUT2D eigenvalue weighted by Crippen LogP contribution is -2.10. The number of nitrogens with zero attached hydrogens (tertiary/aromatic N) is 1. The molecule has 1 aromatic heterocycles. The summed E-state index contributed by atoms with van der Waals surface area (Å²) in [6.45, 7) is 0. The van der Waals surface area contributed by atoms with Gasteiger partial charge in [0.05, 0.1) is 16.7 Å². The van der Waals surface area contributed by atoms with Crippen LogP contribution in [-0.2, 0) is 19.3 Å². The number of hydrogen-bond donors (Lipinski definition) is 0. The van der Waals surface area contributed by atoms with Crippen LogP contribution in [0.25, 0.3) is 49.7 Å². The van der Waals surface area contributed by atoms with E-state index in [-0.39, 0.29) is 0 Å². The highest BCUT2D eigenvalue weighted by atomic mass is 15.0. The molecular weight excluding hydrogens is 410 g/mol. The zero-order valence-corrected chi connectivity index (χ0v) is 18.7. The normalized spacial score (nSPS) is 14.1. The predicted molar refractivity (Wildman–Crippen MR) is 140 cm³/mol. The van der Waals surface area contributed by atoms with Crippen molar-refractivity contribution in [2.24, 2.45) is 0 Å². The molecule has 2 aliphatic carbocycles.